The highest BCUT2D eigenvalue weighted by molar-refractivity contribution is 7.12. The molecule has 0 saturated carbocycles. The number of aryl methyl sites for hydroxylation is 2. The number of benzene rings is 2. The fraction of sp³-hybridized carbons (Fsp3) is 0.136. The Morgan fingerprint density at radius 2 is 1.78 bits per heavy atom. The predicted molar refractivity (Wildman–Crippen MR) is 108 cm³/mol. The molecule has 0 bridgehead atoms. The zero-order valence-corrected chi connectivity index (χ0v) is 15.9. The largest absolute Gasteiger partial charge is 0.288 e. The van der Waals surface area contributed by atoms with E-state index in [1.54, 1.807) is 11.3 Å². The number of carbonyl (C=O) groups excluding carboxylic acids is 1. The Morgan fingerprint density at radius 3 is 2.52 bits per heavy atom. The highest BCUT2D eigenvalue weighted by Crippen LogP contribution is 2.40. The van der Waals surface area contributed by atoms with Crippen molar-refractivity contribution in [1.82, 2.24) is 14.8 Å². The van der Waals surface area contributed by atoms with Crippen LogP contribution < -0.4 is 0 Å². The summed E-state index contributed by atoms with van der Waals surface area (Å²) < 4.78 is 1.85. The minimum atomic E-state index is 0.0685. The number of rotatable bonds is 3. The van der Waals surface area contributed by atoms with Crippen LogP contribution in [0, 0.1) is 6.92 Å². The average Bonchev–Trinajstić information content (AvgIpc) is 3.38. The fourth-order valence-corrected chi connectivity index (χ4v) is 4.37. The molecule has 4 nitrogen and oxygen atoms in total. The Morgan fingerprint density at radius 1 is 1.04 bits per heavy atom. The molecule has 0 N–H and O–H groups in total. The molecule has 0 radical (unpaired) electrons. The van der Waals surface area contributed by atoms with Crippen molar-refractivity contribution in [3.8, 4) is 27.6 Å². The quantitative estimate of drug-likeness (QED) is 0.444. The lowest BCUT2D eigenvalue weighted by Crippen LogP contribution is -2.01. The van der Waals surface area contributed by atoms with E-state index in [0.29, 0.717) is 6.42 Å². The minimum Gasteiger partial charge on any atom is -0.288 e. The van der Waals surface area contributed by atoms with Crippen LogP contribution in [0.2, 0.25) is 0 Å². The van der Waals surface area contributed by atoms with Gasteiger partial charge in [0.25, 0.3) is 0 Å². The van der Waals surface area contributed by atoms with Crippen molar-refractivity contribution in [2.45, 2.75) is 20.3 Å². The van der Waals surface area contributed by atoms with Crippen molar-refractivity contribution < 1.29 is 4.79 Å². The lowest BCUT2D eigenvalue weighted by Gasteiger charge is -2.03. The molecule has 27 heavy (non-hydrogen) atoms. The molecular weight excluding hydrogens is 354 g/mol. The summed E-state index contributed by atoms with van der Waals surface area (Å²) in [6.07, 6.45) is 0.714. The maximum atomic E-state index is 12.9. The zero-order chi connectivity index (χ0) is 18.5. The van der Waals surface area contributed by atoms with Crippen molar-refractivity contribution in [2.75, 3.05) is 0 Å². The molecule has 1 aliphatic carbocycles. The van der Waals surface area contributed by atoms with Gasteiger partial charge in [-0.1, -0.05) is 61.0 Å². The summed E-state index contributed by atoms with van der Waals surface area (Å²) >= 11 is 1.55. The normalized spacial score (nSPS) is 12.3. The molecule has 0 spiro atoms. The molecule has 2 aromatic heterocycles. The van der Waals surface area contributed by atoms with E-state index in [4.69, 9.17) is 10.1 Å². The predicted octanol–water partition coefficient (Wildman–Crippen LogP) is 5.08. The molecule has 2 aromatic carbocycles. The molecule has 0 saturated heterocycles. The van der Waals surface area contributed by atoms with E-state index >= 15 is 0 Å². The minimum absolute atomic E-state index is 0.0685. The van der Waals surface area contributed by atoms with Crippen LogP contribution in [0.3, 0.4) is 0 Å². The Balaban J connectivity index is 1.67. The monoisotopic (exact) mass is 371 g/mol. The van der Waals surface area contributed by atoms with E-state index in [-0.39, 0.29) is 5.78 Å². The van der Waals surface area contributed by atoms with Gasteiger partial charge in [0.15, 0.2) is 5.78 Å². The number of fused-ring (bicyclic) bond motifs is 3. The summed E-state index contributed by atoms with van der Waals surface area (Å²) in [7, 11) is 0. The van der Waals surface area contributed by atoms with Gasteiger partial charge in [0.1, 0.15) is 0 Å². The summed E-state index contributed by atoms with van der Waals surface area (Å²) in [5.74, 6) is 0.0685. The van der Waals surface area contributed by atoms with Gasteiger partial charge in [0.2, 0.25) is 5.13 Å². The number of aromatic nitrogens is 3. The first-order valence-corrected chi connectivity index (χ1v) is 9.84. The van der Waals surface area contributed by atoms with Gasteiger partial charge >= 0.3 is 0 Å². The van der Waals surface area contributed by atoms with Crippen molar-refractivity contribution in [3.63, 3.8) is 0 Å². The summed E-state index contributed by atoms with van der Waals surface area (Å²) in [6, 6.07) is 16.1. The second-order valence-electron chi connectivity index (χ2n) is 6.69. The van der Waals surface area contributed by atoms with Crippen molar-refractivity contribution in [3.05, 3.63) is 76.3 Å². The zero-order valence-electron chi connectivity index (χ0n) is 15.1. The molecule has 0 fully saturated rings. The van der Waals surface area contributed by atoms with Gasteiger partial charge in [-0.15, -0.1) is 11.3 Å². The van der Waals surface area contributed by atoms with Crippen LogP contribution in [0.4, 0.5) is 0 Å². The highest BCUT2D eigenvalue weighted by Gasteiger charge is 2.34. The number of hydrogen-bond acceptors (Lipinski definition) is 4. The smallest absolute Gasteiger partial charge is 0.211 e. The van der Waals surface area contributed by atoms with E-state index in [1.807, 2.05) is 41.3 Å². The summed E-state index contributed by atoms with van der Waals surface area (Å²) in [5, 5.41) is 7.56. The first-order chi connectivity index (χ1) is 13.2. The van der Waals surface area contributed by atoms with Gasteiger partial charge in [-0.05, 0) is 13.3 Å². The van der Waals surface area contributed by atoms with E-state index in [1.165, 1.54) is 5.56 Å². The summed E-state index contributed by atoms with van der Waals surface area (Å²) in [6.45, 7) is 4.10. The fourth-order valence-electron chi connectivity index (χ4n) is 3.58. The Hall–Kier alpha value is -3.05. The molecule has 4 aromatic rings. The van der Waals surface area contributed by atoms with Crippen LogP contribution in [-0.4, -0.2) is 20.5 Å². The molecule has 1 aliphatic rings. The van der Waals surface area contributed by atoms with Crippen molar-refractivity contribution in [1.29, 1.82) is 0 Å². The molecule has 0 aliphatic heterocycles. The Bertz CT molecular complexity index is 1180. The lowest BCUT2D eigenvalue weighted by atomic mass is 10.1. The molecule has 0 amide bonds. The topological polar surface area (TPSA) is 47.8 Å². The molecule has 132 valence electrons. The van der Waals surface area contributed by atoms with Crippen LogP contribution in [0.15, 0.2) is 53.9 Å². The van der Waals surface area contributed by atoms with Crippen LogP contribution in [-0.2, 0) is 6.42 Å². The van der Waals surface area contributed by atoms with Crippen LogP contribution >= 0.6 is 11.3 Å². The Kier molecular flexibility index (Phi) is 3.58. The standard InChI is InChI=1S/C22H17N3OS/c1-3-17-19-20(15-6-4-5-7-16(15)21(19)26)25(24-17)22-23-18(12-27-22)14-10-8-13(2)9-11-14/h4-12H,3H2,1-2H3. The molecule has 2 heterocycles. The molecular formula is C22H17N3OS. The van der Waals surface area contributed by atoms with Gasteiger partial charge < -0.3 is 0 Å². The summed E-state index contributed by atoms with van der Waals surface area (Å²) in [4.78, 5) is 17.7. The third-order valence-corrected chi connectivity index (χ3v) is 5.78. The summed E-state index contributed by atoms with van der Waals surface area (Å²) in [5.41, 5.74) is 7.36. The molecule has 0 atom stereocenters. The Labute approximate surface area is 161 Å². The molecule has 0 unspecified atom stereocenters. The first kappa shape index (κ1) is 16.1. The third kappa shape index (κ3) is 2.39. The SMILES string of the molecule is CCc1nn(-c2nc(-c3ccc(C)cc3)cs2)c2c1C(=O)c1ccccc1-2. The van der Waals surface area contributed by atoms with Crippen molar-refractivity contribution in [2.24, 2.45) is 0 Å². The number of carbonyl (C=O) groups is 1. The van der Waals surface area contributed by atoms with E-state index in [0.717, 1.165) is 44.5 Å². The van der Waals surface area contributed by atoms with Gasteiger partial charge in [0.05, 0.1) is 22.6 Å². The average molecular weight is 371 g/mol. The lowest BCUT2D eigenvalue weighted by molar-refractivity contribution is 0.104. The van der Waals surface area contributed by atoms with Crippen LogP contribution in [0.25, 0.3) is 27.6 Å². The van der Waals surface area contributed by atoms with Gasteiger partial charge in [-0.2, -0.15) is 5.10 Å². The maximum absolute atomic E-state index is 12.9. The highest BCUT2D eigenvalue weighted by atomic mass is 32.1. The number of ketones is 1. The van der Waals surface area contributed by atoms with Crippen LogP contribution in [0.5, 0.6) is 0 Å². The second-order valence-corrected chi connectivity index (χ2v) is 7.53. The van der Waals surface area contributed by atoms with E-state index in [2.05, 4.69) is 31.2 Å². The van der Waals surface area contributed by atoms with Gasteiger partial charge in [-0.3, -0.25) is 4.79 Å². The third-order valence-electron chi connectivity index (χ3n) is 4.97. The van der Waals surface area contributed by atoms with E-state index in [9.17, 15) is 4.79 Å². The second kappa shape index (κ2) is 5.99. The van der Waals surface area contributed by atoms with Gasteiger partial charge in [0, 0.05) is 22.1 Å². The molecule has 5 heteroatoms. The van der Waals surface area contributed by atoms with Crippen LogP contribution in [0.1, 0.15) is 34.1 Å². The van der Waals surface area contributed by atoms with Gasteiger partial charge in [-0.25, -0.2) is 9.67 Å². The van der Waals surface area contributed by atoms with Crippen molar-refractivity contribution >= 4 is 17.1 Å². The molecule has 5 rings (SSSR count). The first-order valence-electron chi connectivity index (χ1n) is 8.96. The number of hydrogen-bond donors (Lipinski definition) is 0. The number of thiazole rings is 1. The maximum Gasteiger partial charge on any atom is 0.211 e. The van der Waals surface area contributed by atoms with E-state index < -0.39 is 0 Å². The number of nitrogens with zero attached hydrogens (tertiary/aromatic N) is 3.